The Balaban J connectivity index is 2.30. The molecule has 0 spiro atoms. The lowest BCUT2D eigenvalue weighted by molar-refractivity contribution is -0.124. The van der Waals surface area contributed by atoms with Crippen LogP contribution in [0.4, 0.5) is 13.2 Å². The SMILES string of the molecule is CC(CNCC(F)(F)F)Sc1ccc(Br)cn1. The molecule has 96 valence electrons. The Morgan fingerprint density at radius 1 is 1.47 bits per heavy atom. The van der Waals surface area contributed by atoms with E-state index in [1.165, 1.54) is 11.8 Å². The molecule has 0 aromatic carbocycles. The van der Waals surface area contributed by atoms with E-state index in [0.29, 0.717) is 6.54 Å². The van der Waals surface area contributed by atoms with E-state index in [4.69, 9.17) is 0 Å². The third kappa shape index (κ3) is 6.90. The molecule has 0 saturated heterocycles. The van der Waals surface area contributed by atoms with Gasteiger partial charge in [-0.1, -0.05) is 6.92 Å². The first-order valence-electron chi connectivity index (χ1n) is 4.92. The van der Waals surface area contributed by atoms with Crippen LogP contribution < -0.4 is 5.32 Å². The van der Waals surface area contributed by atoms with Gasteiger partial charge in [0, 0.05) is 22.5 Å². The van der Waals surface area contributed by atoms with Gasteiger partial charge < -0.3 is 5.32 Å². The monoisotopic (exact) mass is 328 g/mol. The number of hydrogen-bond donors (Lipinski definition) is 1. The van der Waals surface area contributed by atoms with E-state index in [-0.39, 0.29) is 5.25 Å². The molecule has 0 radical (unpaired) electrons. The van der Waals surface area contributed by atoms with Crippen molar-refractivity contribution in [3.05, 3.63) is 22.8 Å². The molecular formula is C10H12BrF3N2S. The van der Waals surface area contributed by atoms with Crippen LogP contribution >= 0.6 is 27.7 Å². The van der Waals surface area contributed by atoms with Gasteiger partial charge in [0.25, 0.3) is 0 Å². The number of halogens is 4. The van der Waals surface area contributed by atoms with Crippen molar-refractivity contribution < 1.29 is 13.2 Å². The molecule has 1 aromatic heterocycles. The number of alkyl halides is 3. The van der Waals surface area contributed by atoms with Gasteiger partial charge in [-0.3, -0.25) is 0 Å². The number of hydrogen-bond acceptors (Lipinski definition) is 3. The summed E-state index contributed by atoms with van der Waals surface area (Å²) in [5.41, 5.74) is 0. The van der Waals surface area contributed by atoms with Crippen molar-refractivity contribution in [2.75, 3.05) is 13.1 Å². The highest BCUT2D eigenvalue weighted by Crippen LogP contribution is 2.22. The maximum Gasteiger partial charge on any atom is 0.401 e. The molecule has 0 aliphatic heterocycles. The second-order valence-electron chi connectivity index (χ2n) is 3.49. The van der Waals surface area contributed by atoms with Crippen LogP contribution in [0, 0.1) is 0 Å². The predicted octanol–water partition coefficient (Wildman–Crippen LogP) is 3.48. The third-order valence-corrected chi connectivity index (χ3v) is 3.30. The summed E-state index contributed by atoms with van der Waals surface area (Å²) in [6.45, 7) is 1.20. The maximum atomic E-state index is 11.9. The Hall–Kier alpha value is -0.270. The molecule has 1 aromatic rings. The number of nitrogens with one attached hydrogen (secondary N) is 1. The fraction of sp³-hybridized carbons (Fsp3) is 0.500. The predicted molar refractivity (Wildman–Crippen MR) is 66.2 cm³/mol. The van der Waals surface area contributed by atoms with Crippen molar-refractivity contribution in [3.8, 4) is 0 Å². The summed E-state index contributed by atoms with van der Waals surface area (Å²) in [4.78, 5) is 4.14. The second-order valence-corrected chi connectivity index (χ2v) is 5.86. The minimum absolute atomic E-state index is 0.0334. The molecular weight excluding hydrogens is 317 g/mol. The second kappa shape index (κ2) is 6.61. The Bertz CT molecular complexity index is 342. The summed E-state index contributed by atoms with van der Waals surface area (Å²) in [6, 6.07) is 3.68. The molecule has 0 amide bonds. The summed E-state index contributed by atoms with van der Waals surface area (Å²) in [6.07, 6.45) is -2.49. The maximum absolute atomic E-state index is 11.9. The normalized spacial score (nSPS) is 13.7. The van der Waals surface area contributed by atoms with Crippen molar-refractivity contribution in [2.24, 2.45) is 0 Å². The lowest BCUT2D eigenvalue weighted by atomic mass is 10.4. The van der Waals surface area contributed by atoms with Crippen molar-refractivity contribution in [1.29, 1.82) is 0 Å². The smallest absolute Gasteiger partial charge is 0.308 e. The molecule has 0 aliphatic carbocycles. The average Bonchev–Trinajstić information content (AvgIpc) is 2.19. The van der Waals surface area contributed by atoms with Gasteiger partial charge >= 0.3 is 6.18 Å². The molecule has 1 rings (SSSR count). The van der Waals surface area contributed by atoms with E-state index in [1.807, 2.05) is 19.1 Å². The van der Waals surface area contributed by atoms with Crippen molar-refractivity contribution in [1.82, 2.24) is 10.3 Å². The van der Waals surface area contributed by atoms with Crippen LogP contribution in [0.2, 0.25) is 0 Å². The first kappa shape index (κ1) is 14.8. The highest BCUT2D eigenvalue weighted by Gasteiger charge is 2.26. The van der Waals surface area contributed by atoms with Gasteiger partial charge in [0.1, 0.15) is 0 Å². The Labute approximate surface area is 111 Å². The minimum atomic E-state index is -4.15. The van der Waals surface area contributed by atoms with Crippen LogP contribution in [0.25, 0.3) is 0 Å². The largest absolute Gasteiger partial charge is 0.401 e. The van der Waals surface area contributed by atoms with Gasteiger partial charge in [-0.05, 0) is 28.1 Å². The molecule has 17 heavy (non-hydrogen) atoms. The van der Waals surface area contributed by atoms with Crippen LogP contribution in [-0.4, -0.2) is 29.5 Å². The lowest BCUT2D eigenvalue weighted by Gasteiger charge is -2.13. The highest BCUT2D eigenvalue weighted by molar-refractivity contribution is 9.10. The molecule has 0 saturated carbocycles. The summed E-state index contributed by atoms with van der Waals surface area (Å²) in [5, 5.41) is 3.21. The number of thioether (sulfide) groups is 1. The molecule has 1 atom stereocenters. The Morgan fingerprint density at radius 2 is 2.18 bits per heavy atom. The summed E-state index contributed by atoms with van der Waals surface area (Å²) < 4.78 is 36.6. The lowest BCUT2D eigenvalue weighted by Crippen LogP contribution is -2.32. The van der Waals surface area contributed by atoms with E-state index >= 15 is 0 Å². The molecule has 0 aliphatic rings. The zero-order valence-electron chi connectivity index (χ0n) is 9.09. The van der Waals surface area contributed by atoms with Crippen LogP contribution in [0.3, 0.4) is 0 Å². The zero-order chi connectivity index (χ0) is 12.9. The number of nitrogens with zero attached hydrogens (tertiary/aromatic N) is 1. The topological polar surface area (TPSA) is 24.9 Å². The van der Waals surface area contributed by atoms with Gasteiger partial charge in [-0.15, -0.1) is 11.8 Å². The minimum Gasteiger partial charge on any atom is -0.308 e. The van der Waals surface area contributed by atoms with E-state index in [0.717, 1.165) is 9.50 Å². The van der Waals surface area contributed by atoms with E-state index in [2.05, 4.69) is 26.2 Å². The quantitative estimate of drug-likeness (QED) is 0.838. The summed E-state index contributed by atoms with van der Waals surface area (Å²) in [7, 11) is 0. The molecule has 7 heteroatoms. The van der Waals surface area contributed by atoms with Crippen molar-refractivity contribution >= 4 is 27.7 Å². The van der Waals surface area contributed by atoms with Crippen LogP contribution in [0.1, 0.15) is 6.92 Å². The molecule has 1 heterocycles. The van der Waals surface area contributed by atoms with Gasteiger partial charge in [0.15, 0.2) is 0 Å². The van der Waals surface area contributed by atoms with Gasteiger partial charge in [-0.2, -0.15) is 13.2 Å². The molecule has 1 unspecified atom stereocenters. The summed E-state index contributed by atoms with van der Waals surface area (Å²) in [5.74, 6) is 0. The first-order valence-corrected chi connectivity index (χ1v) is 6.60. The van der Waals surface area contributed by atoms with Crippen molar-refractivity contribution in [2.45, 2.75) is 23.4 Å². The van der Waals surface area contributed by atoms with E-state index in [9.17, 15) is 13.2 Å². The first-order chi connectivity index (χ1) is 7.87. The highest BCUT2D eigenvalue weighted by atomic mass is 79.9. The van der Waals surface area contributed by atoms with Crippen LogP contribution in [-0.2, 0) is 0 Å². The average molecular weight is 329 g/mol. The molecule has 0 bridgehead atoms. The van der Waals surface area contributed by atoms with Gasteiger partial charge in [-0.25, -0.2) is 4.98 Å². The van der Waals surface area contributed by atoms with Crippen LogP contribution in [0.15, 0.2) is 27.8 Å². The third-order valence-electron chi connectivity index (χ3n) is 1.78. The number of pyridine rings is 1. The molecule has 2 nitrogen and oxygen atoms in total. The fourth-order valence-corrected chi connectivity index (χ4v) is 2.21. The molecule has 0 fully saturated rings. The molecule has 1 N–H and O–H groups in total. The van der Waals surface area contributed by atoms with Gasteiger partial charge in [0.05, 0.1) is 11.6 Å². The zero-order valence-corrected chi connectivity index (χ0v) is 11.5. The standard InChI is InChI=1S/C10H12BrF3N2S/c1-7(4-15-6-10(12,13)14)17-9-3-2-8(11)5-16-9/h2-3,5,7,15H,4,6H2,1H3. The van der Waals surface area contributed by atoms with E-state index in [1.54, 1.807) is 6.20 Å². The van der Waals surface area contributed by atoms with Crippen LogP contribution in [0.5, 0.6) is 0 Å². The Kier molecular flexibility index (Phi) is 5.75. The van der Waals surface area contributed by atoms with Gasteiger partial charge in [0.2, 0.25) is 0 Å². The van der Waals surface area contributed by atoms with E-state index < -0.39 is 12.7 Å². The number of aromatic nitrogens is 1. The Morgan fingerprint density at radius 3 is 2.71 bits per heavy atom. The fourth-order valence-electron chi connectivity index (χ4n) is 1.10. The van der Waals surface area contributed by atoms with Crippen molar-refractivity contribution in [3.63, 3.8) is 0 Å². The summed E-state index contributed by atoms with van der Waals surface area (Å²) >= 11 is 4.71. The number of rotatable bonds is 5.